The van der Waals surface area contributed by atoms with Crippen LogP contribution in [0.2, 0.25) is 0 Å². The van der Waals surface area contributed by atoms with Crippen molar-refractivity contribution < 1.29 is 16.4 Å². The lowest BCUT2D eigenvalue weighted by Crippen LogP contribution is -2.04. The number of aromatic nitrogens is 4. The van der Waals surface area contributed by atoms with Crippen molar-refractivity contribution in [2.75, 3.05) is 0 Å². The van der Waals surface area contributed by atoms with Crippen LogP contribution in [0.4, 0.5) is 0 Å². The van der Waals surface area contributed by atoms with Crippen molar-refractivity contribution >= 4 is 21.8 Å². The molecule has 0 amide bonds. The van der Waals surface area contributed by atoms with Gasteiger partial charge in [-0.1, -0.05) is 176 Å². The van der Waals surface area contributed by atoms with E-state index >= 15 is 0 Å². The molecule has 10 aromatic rings. The van der Waals surface area contributed by atoms with Crippen LogP contribution in [0.5, 0.6) is 0 Å². The van der Waals surface area contributed by atoms with Crippen LogP contribution in [0.25, 0.3) is 95.0 Å². The molecular formula is C51H34N4. The fraction of sp³-hybridized carbons (Fsp3) is 0. The first kappa shape index (κ1) is 21.9. The van der Waals surface area contributed by atoms with Crippen molar-refractivity contribution in [1.29, 1.82) is 0 Å². The Bertz CT molecular complexity index is 3630. The summed E-state index contributed by atoms with van der Waals surface area (Å²) >= 11 is 0. The standard InChI is InChI=1S/C51H34N4/c1-5-16-35(17-6-1)39-24-15-25-42(32-39)50-52-49(38-22-11-4-12-23-38)53-51(54-50)45-33-40(36-18-7-2-8-19-36)29-31-47(45)55-46-27-14-13-26-43(46)44-30-28-41(34-48(44)55)37-20-9-3-10-21-37/h1-34H/i3D,9D,10D,13D,14D,20D,21D,26D,27D,28D,30D,34D. The highest BCUT2D eigenvalue weighted by atomic mass is 15.1. The predicted octanol–water partition coefficient (Wildman–Crippen LogP) is 13.0. The van der Waals surface area contributed by atoms with Crippen LogP contribution in [0, 0.1) is 0 Å². The maximum absolute atomic E-state index is 9.89. The van der Waals surface area contributed by atoms with Crippen molar-refractivity contribution in [2.24, 2.45) is 0 Å². The fourth-order valence-electron chi connectivity index (χ4n) is 6.78. The highest BCUT2D eigenvalue weighted by molar-refractivity contribution is 6.10. The summed E-state index contributed by atoms with van der Waals surface area (Å²) in [6.07, 6.45) is 0. The Morgan fingerprint density at radius 1 is 0.364 bits per heavy atom. The Kier molecular flexibility index (Phi) is 5.52. The zero-order chi connectivity index (χ0) is 47.0. The van der Waals surface area contributed by atoms with Gasteiger partial charge >= 0.3 is 0 Å². The molecule has 2 aromatic heterocycles. The first-order valence-corrected chi connectivity index (χ1v) is 17.6. The lowest BCUT2D eigenvalue weighted by atomic mass is 10.0. The van der Waals surface area contributed by atoms with Gasteiger partial charge in [0, 0.05) is 27.5 Å². The van der Waals surface area contributed by atoms with Gasteiger partial charge in [0.15, 0.2) is 17.5 Å². The van der Waals surface area contributed by atoms with Gasteiger partial charge in [-0.25, -0.2) is 15.0 Å². The molecule has 4 nitrogen and oxygen atoms in total. The summed E-state index contributed by atoms with van der Waals surface area (Å²) in [7, 11) is 0. The van der Waals surface area contributed by atoms with Crippen molar-refractivity contribution in [3.8, 4) is 73.2 Å². The van der Waals surface area contributed by atoms with E-state index in [1.807, 2.05) is 127 Å². The molecule has 10 rings (SSSR count). The lowest BCUT2D eigenvalue weighted by Gasteiger charge is -2.17. The van der Waals surface area contributed by atoms with E-state index in [0.717, 1.165) is 22.3 Å². The van der Waals surface area contributed by atoms with E-state index in [-0.39, 0.29) is 33.3 Å². The molecule has 0 atom stereocenters. The zero-order valence-corrected chi connectivity index (χ0v) is 29.0. The molecule has 0 aliphatic heterocycles. The van der Waals surface area contributed by atoms with Crippen LogP contribution in [0.15, 0.2) is 206 Å². The normalized spacial score (nSPS) is 14.3. The van der Waals surface area contributed by atoms with Crippen molar-refractivity contribution in [3.63, 3.8) is 0 Å². The smallest absolute Gasteiger partial charge is 0.166 e. The molecule has 0 saturated heterocycles. The van der Waals surface area contributed by atoms with Crippen molar-refractivity contribution in [2.45, 2.75) is 0 Å². The van der Waals surface area contributed by atoms with E-state index in [0.29, 0.717) is 28.3 Å². The van der Waals surface area contributed by atoms with Gasteiger partial charge in [0.25, 0.3) is 0 Å². The molecule has 0 saturated carbocycles. The van der Waals surface area contributed by atoms with Gasteiger partial charge < -0.3 is 4.57 Å². The van der Waals surface area contributed by atoms with Gasteiger partial charge in [0.2, 0.25) is 0 Å². The second-order valence-electron chi connectivity index (χ2n) is 12.7. The van der Waals surface area contributed by atoms with E-state index in [4.69, 9.17) is 24.5 Å². The monoisotopic (exact) mass is 714 g/mol. The lowest BCUT2D eigenvalue weighted by molar-refractivity contribution is 1.06. The summed E-state index contributed by atoms with van der Waals surface area (Å²) in [5.41, 5.74) is 4.15. The summed E-state index contributed by atoms with van der Waals surface area (Å²) in [5, 5.41) is -0.303. The van der Waals surface area contributed by atoms with Crippen LogP contribution in [0.1, 0.15) is 16.4 Å². The van der Waals surface area contributed by atoms with E-state index in [9.17, 15) is 6.85 Å². The zero-order valence-electron chi connectivity index (χ0n) is 41.0. The quantitative estimate of drug-likeness (QED) is 0.165. The minimum Gasteiger partial charge on any atom is -0.308 e. The molecule has 0 N–H and O–H groups in total. The van der Waals surface area contributed by atoms with Crippen LogP contribution in [-0.4, -0.2) is 19.5 Å². The third-order valence-corrected chi connectivity index (χ3v) is 9.39. The molecule has 0 bridgehead atoms. The van der Waals surface area contributed by atoms with Crippen LogP contribution in [0.3, 0.4) is 0 Å². The van der Waals surface area contributed by atoms with Crippen LogP contribution >= 0.6 is 0 Å². The first-order chi connectivity index (χ1) is 32.3. The van der Waals surface area contributed by atoms with E-state index in [1.165, 1.54) is 4.57 Å². The van der Waals surface area contributed by atoms with Crippen LogP contribution < -0.4 is 0 Å². The molecule has 0 radical (unpaired) electrons. The summed E-state index contributed by atoms with van der Waals surface area (Å²) in [6, 6.07) is 34.4. The SMILES string of the molecule is [2H]c1c([2H])c([2H])c(-c2c([2H])c([2H])c3c4c([2H])c([2H])c([2H])c([2H])c4n(-c4ccc(-c5ccccc5)cc4-c4nc(-c5ccccc5)nc(-c5cccc(-c6ccccc6)c5)n4)c3c2[2H])c([2H])c1[2H]. The molecule has 8 aromatic carbocycles. The first-order valence-electron chi connectivity index (χ1n) is 23.6. The van der Waals surface area contributed by atoms with Gasteiger partial charge in [-0.2, -0.15) is 0 Å². The van der Waals surface area contributed by atoms with Crippen molar-refractivity contribution in [1.82, 2.24) is 19.5 Å². The van der Waals surface area contributed by atoms with Gasteiger partial charge in [0.1, 0.15) is 0 Å². The molecule has 0 aliphatic carbocycles. The summed E-state index contributed by atoms with van der Waals surface area (Å²) < 4.78 is 109. The highest BCUT2D eigenvalue weighted by Crippen LogP contribution is 2.39. The Morgan fingerprint density at radius 2 is 0.927 bits per heavy atom. The number of hydrogen-bond donors (Lipinski definition) is 0. The molecule has 4 heteroatoms. The molecule has 55 heavy (non-hydrogen) atoms. The number of fused-ring (bicyclic) bond motifs is 3. The van der Waals surface area contributed by atoms with Crippen molar-refractivity contribution in [3.05, 3.63) is 206 Å². The van der Waals surface area contributed by atoms with E-state index in [2.05, 4.69) is 0 Å². The number of rotatable bonds is 7. The Morgan fingerprint density at radius 3 is 1.65 bits per heavy atom. The molecule has 258 valence electrons. The van der Waals surface area contributed by atoms with E-state index in [1.54, 1.807) is 6.07 Å². The third-order valence-electron chi connectivity index (χ3n) is 9.39. The second kappa shape index (κ2) is 13.8. The molecular weight excluding hydrogens is 669 g/mol. The van der Waals surface area contributed by atoms with Gasteiger partial charge in [-0.15, -0.1) is 0 Å². The Labute approximate surface area is 336 Å². The number of benzene rings is 8. The average molecular weight is 715 g/mol. The topological polar surface area (TPSA) is 43.6 Å². The highest BCUT2D eigenvalue weighted by Gasteiger charge is 2.21. The van der Waals surface area contributed by atoms with Gasteiger partial charge in [0.05, 0.1) is 33.2 Å². The molecule has 0 unspecified atom stereocenters. The number of para-hydroxylation sites is 1. The number of nitrogens with zero attached hydrogens (tertiary/aromatic N) is 4. The Hall–Kier alpha value is -7.43. The molecule has 0 spiro atoms. The van der Waals surface area contributed by atoms with Gasteiger partial charge in [-0.3, -0.25) is 0 Å². The maximum atomic E-state index is 9.89. The summed E-state index contributed by atoms with van der Waals surface area (Å²) in [5.74, 6) is 0.791. The Balaban J connectivity index is 1.37. The van der Waals surface area contributed by atoms with Gasteiger partial charge in [-0.05, 0) is 63.7 Å². The minimum absolute atomic E-state index is 0.123. The van der Waals surface area contributed by atoms with Crippen LogP contribution in [-0.2, 0) is 0 Å². The second-order valence-corrected chi connectivity index (χ2v) is 12.7. The molecule has 0 aliphatic rings. The largest absolute Gasteiger partial charge is 0.308 e. The average Bonchev–Trinajstić information content (AvgIpc) is 3.74. The number of hydrogen-bond acceptors (Lipinski definition) is 3. The third kappa shape index (κ3) is 6.06. The molecule has 0 fully saturated rings. The van der Waals surface area contributed by atoms with E-state index < -0.39 is 83.6 Å². The summed E-state index contributed by atoms with van der Waals surface area (Å²) in [4.78, 5) is 15.2. The summed E-state index contributed by atoms with van der Waals surface area (Å²) in [6.45, 7) is 0. The molecule has 2 heterocycles. The predicted molar refractivity (Wildman–Crippen MR) is 227 cm³/mol. The maximum Gasteiger partial charge on any atom is 0.166 e. The fourth-order valence-corrected chi connectivity index (χ4v) is 6.78. The minimum atomic E-state index is -0.700.